The molecule has 2 N–H and O–H groups in total. The van der Waals surface area contributed by atoms with Crippen molar-refractivity contribution in [1.82, 2.24) is 5.32 Å². The molecule has 0 aromatic heterocycles. The second-order valence-corrected chi connectivity index (χ2v) is 3.55. The molecule has 0 aliphatic heterocycles. The molecule has 1 atom stereocenters. The van der Waals surface area contributed by atoms with Crippen LogP contribution in [0.25, 0.3) is 0 Å². The lowest BCUT2D eigenvalue weighted by atomic mass is 10.2. The minimum absolute atomic E-state index is 0.0622. The van der Waals surface area contributed by atoms with Crippen LogP contribution in [0.3, 0.4) is 0 Å². The summed E-state index contributed by atoms with van der Waals surface area (Å²) in [5, 5.41) is 11.7. The number of aliphatic hydroxyl groups is 1. The molecule has 5 heteroatoms. The Morgan fingerprint density at radius 3 is 2.81 bits per heavy atom. The van der Waals surface area contributed by atoms with E-state index in [2.05, 4.69) is 5.32 Å². The van der Waals surface area contributed by atoms with E-state index in [1.165, 1.54) is 0 Å². The van der Waals surface area contributed by atoms with Gasteiger partial charge in [-0.25, -0.2) is 0 Å². The fourth-order valence-electron chi connectivity index (χ4n) is 1.23. The van der Waals surface area contributed by atoms with Gasteiger partial charge in [0.15, 0.2) is 0 Å². The van der Waals surface area contributed by atoms with E-state index in [4.69, 9.17) is 14.6 Å². The monoisotopic (exact) mass is 233 g/mol. The Morgan fingerprint density at radius 1 is 1.44 bits per heavy atom. The Labute approximate surface area is 97.1 Å². The third-order valence-corrected chi connectivity index (χ3v) is 1.97. The van der Waals surface area contributed by atoms with Gasteiger partial charge in [-0.1, -0.05) is 0 Å². The molecule has 0 heterocycles. The summed E-state index contributed by atoms with van der Waals surface area (Å²) in [4.78, 5) is 11.1. The van der Waals surface area contributed by atoms with Crippen molar-refractivity contribution >= 4 is 5.97 Å². The third-order valence-electron chi connectivity index (χ3n) is 1.97. The Balaban J connectivity index is 3.29. The maximum atomic E-state index is 11.1. The minimum atomic E-state index is -0.168. The predicted molar refractivity (Wildman–Crippen MR) is 61.2 cm³/mol. The quantitative estimate of drug-likeness (QED) is 0.420. The van der Waals surface area contributed by atoms with E-state index < -0.39 is 0 Å². The maximum absolute atomic E-state index is 11.1. The number of rotatable bonds is 10. The maximum Gasteiger partial charge on any atom is 0.307 e. The van der Waals surface area contributed by atoms with Gasteiger partial charge in [-0.3, -0.25) is 4.79 Å². The first-order valence-electron chi connectivity index (χ1n) is 5.78. The first kappa shape index (κ1) is 15.3. The summed E-state index contributed by atoms with van der Waals surface area (Å²) in [6.45, 7) is 6.05. The molecular formula is C11H23NO4. The minimum Gasteiger partial charge on any atom is -0.466 e. The highest BCUT2D eigenvalue weighted by atomic mass is 16.5. The predicted octanol–water partition coefficient (Wildman–Crippen LogP) is 0.317. The molecule has 16 heavy (non-hydrogen) atoms. The summed E-state index contributed by atoms with van der Waals surface area (Å²) in [6.07, 6.45) is 1.26. The van der Waals surface area contributed by atoms with Crippen LogP contribution in [0.2, 0.25) is 0 Å². The molecule has 0 rings (SSSR count). The molecule has 0 aromatic carbocycles. The van der Waals surface area contributed by atoms with E-state index in [0.29, 0.717) is 26.2 Å². The van der Waals surface area contributed by atoms with Crippen molar-refractivity contribution < 1.29 is 19.4 Å². The summed E-state index contributed by atoms with van der Waals surface area (Å²) in [7, 11) is 0. The van der Waals surface area contributed by atoms with Gasteiger partial charge in [0.2, 0.25) is 0 Å². The van der Waals surface area contributed by atoms with Crippen LogP contribution in [0.4, 0.5) is 0 Å². The molecule has 96 valence electrons. The van der Waals surface area contributed by atoms with Crippen LogP contribution in [-0.2, 0) is 14.3 Å². The van der Waals surface area contributed by atoms with Crippen molar-refractivity contribution in [2.45, 2.75) is 32.7 Å². The molecule has 0 aliphatic carbocycles. The highest BCUT2D eigenvalue weighted by molar-refractivity contribution is 5.69. The molecule has 0 saturated heterocycles. The largest absolute Gasteiger partial charge is 0.466 e. The molecule has 0 spiro atoms. The summed E-state index contributed by atoms with van der Waals surface area (Å²) < 4.78 is 9.94. The van der Waals surface area contributed by atoms with Gasteiger partial charge < -0.3 is 19.9 Å². The number of ether oxygens (including phenoxy) is 2. The Morgan fingerprint density at radius 2 is 2.19 bits per heavy atom. The van der Waals surface area contributed by atoms with Gasteiger partial charge in [0.1, 0.15) is 0 Å². The fourth-order valence-corrected chi connectivity index (χ4v) is 1.23. The lowest BCUT2D eigenvalue weighted by Crippen LogP contribution is -2.30. The van der Waals surface area contributed by atoms with E-state index in [9.17, 15) is 4.79 Å². The fraction of sp³-hybridized carbons (Fsp3) is 0.909. The summed E-state index contributed by atoms with van der Waals surface area (Å²) >= 11 is 0. The molecule has 0 radical (unpaired) electrons. The van der Waals surface area contributed by atoms with E-state index >= 15 is 0 Å². The van der Waals surface area contributed by atoms with Crippen molar-refractivity contribution in [2.24, 2.45) is 0 Å². The molecule has 0 aromatic rings. The summed E-state index contributed by atoms with van der Waals surface area (Å²) in [5.41, 5.74) is 0. The van der Waals surface area contributed by atoms with Crippen LogP contribution in [0.1, 0.15) is 26.7 Å². The highest BCUT2D eigenvalue weighted by Crippen LogP contribution is 1.94. The van der Waals surface area contributed by atoms with Gasteiger partial charge >= 0.3 is 5.97 Å². The number of nitrogens with one attached hydrogen (secondary N) is 1. The molecule has 0 bridgehead atoms. The Kier molecular flexibility index (Phi) is 10.4. The van der Waals surface area contributed by atoms with Gasteiger partial charge in [0, 0.05) is 12.6 Å². The number of hydrogen-bond acceptors (Lipinski definition) is 5. The number of carbonyl (C=O) groups excluding carboxylic acids is 1. The number of hydrogen-bond donors (Lipinski definition) is 2. The number of aliphatic hydroxyl groups excluding tert-OH is 1. The van der Waals surface area contributed by atoms with Crippen LogP contribution in [0.15, 0.2) is 0 Å². The van der Waals surface area contributed by atoms with Crippen molar-refractivity contribution in [2.75, 3.05) is 33.0 Å². The third kappa shape index (κ3) is 9.89. The van der Waals surface area contributed by atoms with E-state index in [1.54, 1.807) is 6.92 Å². The van der Waals surface area contributed by atoms with Crippen molar-refractivity contribution in [1.29, 1.82) is 0 Å². The second-order valence-electron chi connectivity index (χ2n) is 3.55. The topological polar surface area (TPSA) is 67.8 Å². The van der Waals surface area contributed by atoms with E-state index in [0.717, 1.165) is 13.0 Å². The van der Waals surface area contributed by atoms with Crippen molar-refractivity contribution in [3.8, 4) is 0 Å². The second kappa shape index (κ2) is 10.9. The lowest BCUT2D eigenvalue weighted by molar-refractivity contribution is -0.143. The van der Waals surface area contributed by atoms with Gasteiger partial charge in [-0.15, -0.1) is 0 Å². The van der Waals surface area contributed by atoms with Crippen molar-refractivity contribution in [3.63, 3.8) is 0 Å². The Bertz CT molecular complexity index is 175. The van der Waals surface area contributed by atoms with Gasteiger partial charge in [-0.2, -0.15) is 0 Å². The first-order valence-corrected chi connectivity index (χ1v) is 5.78. The van der Waals surface area contributed by atoms with Gasteiger partial charge in [0.25, 0.3) is 0 Å². The van der Waals surface area contributed by atoms with Crippen LogP contribution in [0.5, 0.6) is 0 Å². The van der Waals surface area contributed by atoms with Gasteiger partial charge in [0.05, 0.1) is 26.2 Å². The summed E-state index contributed by atoms with van der Waals surface area (Å²) in [6, 6.07) is 0.122. The molecule has 1 unspecified atom stereocenters. The average Bonchev–Trinajstić information content (AvgIpc) is 2.23. The number of esters is 1. The van der Waals surface area contributed by atoms with Crippen LogP contribution >= 0.6 is 0 Å². The van der Waals surface area contributed by atoms with Crippen LogP contribution in [-0.4, -0.2) is 50.1 Å². The van der Waals surface area contributed by atoms with E-state index in [1.807, 2.05) is 6.92 Å². The smallest absolute Gasteiger partial charge is 0.307 e. The lowest BCUT2D eigenvalue weighted by Gasteiger charge is -2.12. The zero-order chi connectivity index (χ0) is 12.2. The van der Waals surface area contributed by atoms with Gasteiger partial charge in [-0.05, 0) is 26.8 Å². The van der Waals surface area contributed by atoms with E-state index in [-0.39, 0.29) is 18.6 Å². The standard InChI is InChI=1S/C11H23NO4/c1-3-16-11(14)9-10(2)12-5-4-7-15-8-6-13/h10,12-13H,3-9H2,1-2H3. The zero-order valence-electron chi connectivity index (χ0n) is 10.2. The zero-order valence-corrected chi connectivity index (χ0v) is 10.2. The first-order chi connectivity index (χ1) is 7.70. The average molecular weight is 233 g/mol. The normalized spacial score (nSPS) is 12.4. The van der Waals surface area contributed by atoms with Crippen molar-refractivity contribution in [3.05, 3.63) is 0 Å². The van der Waals surface area contributed by atoms with Crippen LogP contribution in [0, 0.1) is 0 Å². The summed E-state index contributed by atoms with van der Waals surface area (Å²) in [5.74, 6) is -0.168. The molecular weight excluding hydrogens is 210 g/mol. The molecule has 0 saturated carbocycles. The molecule has 5 nitrogen and oxygen atoms in total. The SMILES string of the molecule is CCOC(=O)CC(C)NCCCOCCO. The Hall–Kier alpha value is -0.650. The molecule has 0 amide bonds. The molecule has 0 fully saturated rings. The van der Waals surface area contributed by atoms with Crippen LogP contribution < -0.4 is 5.32 Å². The molecule has 0 aliphatic rings. The number of carbonyl (C=O) groups is 1. The highest BCUT2D eigenvalue weighted by Gasteiger charge is 2.08.